The minimum absolute atomic E-state index is 0.0278. The summed E-state index contributed by atoms with van der Waals surface area (Å²) in [5.74, 6) is 0.447. The minimum atomic E-state index is -0.436. The van der Waals surface area contributed by atoms with Gasteiger partial charge in [-0.05, 0) is 62.0 Å². The van der Waals surface area contributed by atoms with Crippen molar-refractivity contribution >= 4 is 29.1 Å². The van der Waals surface area contributed by atoms with E-state index in [0.29, 0.717) is 23.7 Å². The number of ether oxygens (including phenoxy) is 2. The fraction of sp³-hybridized carbons (Fsp3) is 0.250. The maximum Gasteiger partial charge on any atom is 0.276 e. The maximum absolute atomic E-state index is 12.1. The van der Waals surface area contributed by atoms with Gasteiger partial charge in [0.25, 0.3) is 11.8 Å². The molecule has 0 aliphatic rings. The molecule has 0 atom stereocenters. The van der Waals surface area contributed by atoms with Crippen LogP contribution in [0.25, 0.3) is 0 Å². The van der Waals surface area contributed by atoms with E-state index in [4.69, 9.17) is 21.7 Å². The monoisotopic (exact) mass is 401 g/mol. The molecule has 0 heterocycles. The van der Waals surface area contributed by atoms with Crippen LogP contribution in [0.3, 0.4) is 0 Å². The molecule has 3 N–H and O–H groups in total. The van der Waals surface area contributed by atoms with Crippen LogP contribution in [0, 0.1) is 6.92 Å². The van der Waals surface area contributed by atoms with Gasteiger partial charge >= 0.3 is 0 Å². The van der Waals surface area contributed by atoms with Crippen molar-refractivity contribution in [2.75, 3.05) is 13.2 Å². The fourth-order valence-electron chi connectivity index (χ4n) is 2.07. The summed E-state index contributed by atoms with van der Waals surface area (Å²) in [4.78, 5) is 23.9. The third-order valence-corrected chi connectivity index (χ3v) is 3.73. The van der Waals surface area contributed by atoms with Gasteiger partial charge in [0.2, 0.25) is 0 Å². The van der Waals surface area contributed by atoms with Crippen LogP contribution in [0.1, 0.15) is 29.3 Å². The van der Waals surface area contributed by atoms with E-state index in [-0.39, 0.29) is 11.7 Å². The molecule has 0 bridgehead atoms. The number of benzene rings is 2. The van der Waals surface area contributed by atoms with Crippen LogP contribution < -0.4 is 25.6 Å². The first-order chi connectivity index (χ1) is 13.5. The molecule has 0 saturated heterocycles. The first kappa shape index (κ1) is 21.2. The number of hydrogen-bond acceptors (Lipinski definition) is 5. The van der Waals surface area contributed by atoms with Crippen LogP contribution in [0.15, 0.2) is 48.5 Å². The number of carbonyl (C=O) groups is 2. The predicted octanol–water partition coefficient (Wildman–Crippen LogP) is 2.50. The van der Waals surface area contributed by atoms with Crippen molar-refractivity contribution in [3.8, 4) is 11.5 Å². The quantitative estimate of drug-likeness (QED) is 0.488. The van der Waals surface area contributed by atoms with Gasteiger partial charge in [0.05, 0.1) is 6.61 Å². The van der Waals surface area contributed by atoms with Crippen molar-refractivity contribution in [3.05, 3.63) is 59.7 Å². The lowest BCUT2D eigenvalue weighted by atomic mass is 10.2. The first-order valence-corrected chi connectivity index (χ1v) is 9.21. The topological polar surface area (TPSA) is 88.7 Å². The zero-order chi connectivity index (χ0) is 20.4. The molecule has 0 aliphatic heterocycles. The molecule has 8 heteroatoms. The zero-order valence-electron chi connectivity index (χ0n) is 15.8. The Bertz CT molecular complexity index is 807. The number of aryl methyl sites for hydroxylation is 1. The van der Waals surface area contributed by atoms with Gasteiger partial charge in [0.15, 0.2) is 11.7 Å². The highest BCUT2D eigenvalue weighted by atomic mass is 32.1. The molecule has 148 valence electrons. The van der Waals surface area contributed by atoms with E-state index in [0.717, 1.165) is 12.0 Å². The van der Waals surface area contributed by atoms with Crippen LogP contribution in [0.4, 0.5) is 0 Å². The molecule has 0 aromatic heterocycles. The Morgan fingerprint density at radius 3 is 2.18 bits per heavy atom. The van der Waals surface area contributed by atoms with Crippen molar-refractivity contribution in [3.63, 3.8) is 0 Å². The predicted molar refractivity (Wildman–Crippen MR) is 110 cm³/mol. The zero-order valence-corrected chi connectivity index (χ0v) is 16.6. The number of carbonyl (C=O) groups excluding carboxylic acids is 2. The number of rotatable bonds is 7. The second-order valence-electron chi connectivity index (χ2n) is 5.93. The number of nitrogens with one attached hydrogen (secondary N) is 3. The second-order valence-corrected chi connectivity index (χ2v) is 6.34. The Labute approximate surface area is 169 Å². The summed E-state index contributed by atoms with van der Waals surface area (Å²) < 4.78 is 10.8. The summed E-state index contributed by atoms with van der Waals surface area (Å²) in [6, 6.07) is 14.0. The summed E-state index contributed by atoms with van der Waals surface area (Å²) in [6.07, 6.45) is 0.907. The number of hydrazine groups is 1. The Balaban J connectivity index is 1.71. The molecule has 0 fully saturated rings. The molecule has 0 radical (unpaired) electrons. The Morgan fingerprint density at radius 2 is 1.54 bits per heavy atom. The third-order valence-electron chi connectivity index (χ3n) is 3.52. The highest BCUT2D eigenvalue weighted by Gasteiger charge is 2.09. The van der Waals surface area contributed by atoms with Crippen molar-refractivity contribution < 1.29 is 19.1 Å². The second kappa shape index (κ2) is 10.9. The molecule has 0 saturated carbocycles. The molecular formula is C20H23N3O4S. The van der Waals surface area contributed by atoms with E-state index < -0.39 is 11.8 Å². The van der Waals surface area contributed by atoms with Crippen LogP contribution in [0.2, 0.25) is 0 Å². The van der Waals surface area contributed by atoms with Gasteiger partial charge in [0, 0.05) is 5.56 Å². The Morgan fingerprint density at radius 1 is 0.929 bits per heavy atom. The van der Waals surface area contributed by atoms with Gasteiger partial charge in [-0.25, -0.2) is 0 Å². The van der Waals surface area contributed by atoms with Gasteiger partial charge in [-0.3, -0.25) is 25.8 Å². The largest absolute Gasteiger partial charge is 0.494 e. The Hall–Kier alpha value is -3.13. The number of amides is 2. The van der Waals surface area contributed by atoms with E-state index in [1.165, 1.54) is 0 Å². The minimum Gasteiger partial charge on any atom is -0.494 e. The lowest BCUT2D eigenvalue weighted by Gasteiger charge is -2.12. The van der Waals surface area contributed by atoms with Crippen LogP contribution in [0.5, 0.6) is 11.5 Å². The fourth-order valence-corrected chi connectivity index (χ4v) is 2.22. The summed E-state index contributed by atoms with van der Waals surface area (Å²) in [7, 11) is 0. The van der Waals surface area contributed by atoms with Crippen LogP contribution >= 0.6 is 12.2 Å². The summed E-state index contributed by atoms with van der Waals surface area (Å²) in [5, 5.41) is 2.45. The standard InChI is InChI=1S/C20H23N3O4S/c1-3-12-26-16-10-6-15(7-11-16)19(25)21-20(28)23-22-18(24)13-27-17-8-4-14(2)5-9-17/h4-11H,3,12-13H2,1-2H3,(H,22,24)(H2,21,23,25,28). The maximum atomic E-state index is 12.1. The van der Waals surface area contributed by atoms with Crippen molar-refractivity contribution in [2.45, 2.75) is 20.3 Å². The van der Waals surface area contributed by atoms with E-state index in [9.17, 15) is 9.59 Å². The molecule has 2 amide bonds. The lowest BCUT2D eigenvalue weighted by Crippen LogP contribution is -2.49. The number of thiocarbonyl (C=S) groups is 1. The van der Waals surface area contributed by atoms with Gasteiger partial charge < -0.3 is 9.47 Å². The lowest BCUT2D eigenvalue weighted by molar-refractivity contribution is -0.123. The van der Waals surface area contributed by atoms with E-state index >= 15 is 0 Å². The van der Waals surface area contributed by atoms with Gasteiger partial charge in [-0.15, -0.1) is 0 Å². The summed E-state index contributed by atoms with van der Waals surface area (Å²) in [6.45, 7) is 4.41. The average Bonchev–Trinajstić information content (AvgIpc) is 2.70. The molecule has 0 aliphatic carbocycles. The van der Waals surface area contributed by atoms with Crippen molar-refractivity contribution in [2.24, 2.45) is 0 Å². The highest BCUT2D eigenvalue weighted by Crippen LogP contribution is 2.12. The molecule has 2 aromatic carbocycles. The van der Waals surface area contributed by atoms with Crippen molar-refractivity contribution in [1.82, 2.24) is 16.2 Å². The molecule has 0 spiro atoms. The smallest absolute Gasteiger partial charge is 0.276 e. The molecular weight excluding hydrogens is 378 g/mol. The SMILES string of the molecule is CCCOc1ccc(C(=O)NC(=S)NNC(=O)COc2ccc(C)cc2)cc1. The third kappa shape index (κ3) is 7.24. The average molecular weight is 401 g/mol. The summed E-state index contributed by atoms with van der Waals surface area (Å²) >= 11 is 5.00. The van der Waals surface area contributed by atoms with Gasteiger partial charge in [0.1, 0.15) is 11.5 Å². The molecule has 0 unspecified atom stereocenters. The first-order valence-electron chi connectivity index (χ1n) is 8.80. The number of hydrogen-bond donors (Lipinski definition) is 3. The van der Waals surface area contributed by atoms with Crippen LogP contribution in [-0.2, 0) is 4.79 Å². The Kier molecular flexibility index (Phi) is 8.23. The van der Waals surface area contributed by atoms with Gasteiger partial charge in [-0.2, -0.15) is 0 Å². The van der Waals surface area contributed by atoms with Crippen LogP contribution in [-0.4, -0.2) is 30.1 Å². The molecule has 2 aromatic rings. The van der Waals surface area contributed by atoms with Gasteiger partial charge in [-0.1, -0.05) is 24.6 Å². The van der Waals surface area contributed by atoms with E-state index in [1.807, 2.05) is 26.0 Å². The molecule has 28 heavy (non-hydrogen) atoms. The van der Waals surface area contributed by atoms with E-state index in [1.54, 1.807) is 36.4 Å². The van der Waals surface area contributed by atoms with E-state index in [2.05, 4.69) is 16.2 Å². The molecule has 2 rings (SSSR count). The summed E-state index contributed by atoms with van der Waals surface area (Å²) in [5.41, 5.74) is 6.34. The van der Waals surface area contributed by atoms with Crippen molar-refractivity contribution in [1.29, 1.82) is 0 Å². The highest BCUT2D eigenvalue weighted by molar-refractivity contribution is 7.80. The molecule has 7 nitrogen and oxygen atoms in total. The normalized spacial score (nSPS) is 9.93.